The number of halogens is 2. The van der Waals surface area contributed by atoms with Gasteiger partial charge in [-0.1, -0.05) is 81.2 Å². The van der Waals surface area contributed by atoms with E-state index in [1.165, 1.54) is 0 Å². The minimum Gasteiger partial charge on any atom is -0.358 e. The molecule has 0 spiro atoms. The lowest BCUT2D eigenvalue weighted by molar-refractivity contribution is -0.178. The Morgan fingerprint density at radius 2 is 1.82 bits per heavy atom. The highest BCUT2D eigenvalue weighted by atomic mass is 35.5. The first-order valence-electron chi connectivity index (χ1n) is 11.4. The molecule has 0 N–H and O–H groups in total. The molecule has 1 heterocycles. The van der Waals surface area contributed by atoms with Crippen LogP contribution in [-0.4, -0.2) is 33.5 Å². The largest absolute Gasteiger partial charge is 0.358 e. The van der Waals surface area contributed by atoms with Crippen molar-refractivity contribution in [3.05, 3.63) is 82.4 Å². The number of morpholine rings is 1. The number of benzene rings is 2. The van der Waals surface area contributed by atoms with Gasteiger partial charge in [0.05, 0.1) is 6.04 Å². The summed E-state index contributed by atoms with van der Waals surface area (Å²) >= 11 is 14.4. The first kappa shape index (κ1) is 26.2. The molecule has 1 saturated heterocycles. The summed E-state index contributed by atoms with van der Waals surface area (Å²) in [5, 5.41) is 1.30. The third-order valence-corrected chi connectivity index (χ3v) is 7.67. The van der Waals surface area contributed by atoms with E-state index in [1.54, 1.807) is 6.08 Å². The standard InChI is InChI=1S/C27H33Cl2NO2S/c1-6-9-23-26(31)30(22(7-2)17-33-27(3,4)5)24(18-12-14-20(28)15-13-18)25(32-23)19-10-8-11-21(29)16-19/h6,8,10-16,22-25H,1,7,9,17H2,2-5H3/t22-,23+,24+,25+/m0/s1. The average molecular weight is 507 g/mol. The average Bonchev–Trinajstić information content (AvgIpc) is 2.76. The Balaban J connectivity index is 2.13. The van der Waals surface area contributed by atoms with Crippen LogP contribution in [0.5, 0.6) is 0 Å². The predicted molar refractivity (Wildman–Crippen MR) is 141 cm³/mol. The number of hydrogen-bond donors (Lipinski definition) is 0. The first-order valence-corrected chi connectivity index (χ1v) is 13.1. The second-order valence-electron chi connectivity index (χ2n) is 9.35. The summed E-state index contributed by atoms with van der Waals surface area (Å²) in [6.07, 6.45) is 2.12. The second kappa shape index (κ2) is 11.3. The van der Waals surface area contributed by atoms with E-state index < -0.39 is 6.10 Å². The summed E-state index contributed by atoms with van der Waals surface area (Å²) in [7, 11) is 0. The molecule has 0 saturated carbocycles. The smallest absolute Gasteiger partial charge is 0.252 e. The number of carbonyl (C=O) groups excluding carboxylic acids is 1. The third-order valence-electron chi connectivity index (χ3n) is 5.77. The van der Waals surface area contributed by atoms with Crippen LogP contribution >= 0.6 is 35.0 Å². The second-order valence-corrected chi connectivity index (χ2v) is 12.1. The lowest BCUT2D eigenvalue weighted by Gasteiger charge is -2.48. The summed E-state index contributed by atoms with van der Waals surface area (Å²) in [4.78, 5) is 15.9. The van der Waals surface area contributed by atoms with Crippen LogP contribution in [0.25, 0.3) is 0 Å². The Morgan fingerprint density at radius 3 is 2.39 bits per heavy atom. The van der Waals surface area contributed by atoms with Crippen LogP contribution in [0.4, 0.5) is 0 Å². The highest BCUT2D eigenvalue weighted by Crippen LogP contribution is 2.45. The van der Waals surface area contributed by atoms with Crippen molar-refractivity contribution in [2.45, 2.75) is 69.6 Å². The minimum atomic E-state index is -0.580. The van der Waals surface area contributed by atoms with Gasteiger partial charge < -0.3 is 9.64 Å². The van der Waals surface area contributed by atoms with E-state index in [2.05, 4.69) is 39.2 Å². The van der Waals surface area contributed by atoms with Gasteiger partial charge >= 0.3 is 0 Å². The Hall–Kier alpha value is -1.46. The zero-order valence-electron chi connectivity index (χ0n) is 19.8. The molecule has 3 nitrogen and oxygen atoms in total. The van der Waals surface area contributed by atoms with Crippen molar-refractivity contribution < 1.29 is 9.53 Å². The van der Waals surface area contributed by atoms with Crippen LogP contribution in [0.15, 0.2) is 61.2 Å². The van der Waals surface area contributed by atoms with Crippen LogP contribution in [0.3, 0.4) is 0 Å². The van der Waals surface area contributed by atoms with Gasteiger partial charge in [-0.3, -0.25) is 4.79 Å². The molecule has 1 aliphatic rings. The molecule has 4 atom stereocenters. The van der Waals surface area contributed by atoms with Gasteiger partial charge in [0.2, 0.25) is 0 Å². The van der Waals surface area contributed by atoms with E-state index in [0.29, 0.717) is 16.5 Å². The van der Waals surface area contributed by atoms with E-state index in [4.69, 9.17) is 27.9 Å². The molecule has 33 heavy (non-hydrogen) atoms. The van der Waals surface area contributed by atoms with Crippen molar-refractivity contribution in [1.29, 1.82) is 0 Å². The molecule has 2 aromatic rings. The fourth-order valence-corrected chi connectivity index (χ4v) is 5.57. The zero-order chi connectivity index (χ0) is 24.2. The lowest BCUT2D eigenvalue weighted by Crippen LogP contribution is -2.55. The predicted octanol–water partition coefficient (Wildman–Crippen LogP) is 7.89. The summed E-state index contributed by atoms with van der Waals surface area (Å²) in [6.45, 7) is 12.6. The summed E-state index contributed by atoms with van der Waals surface area (Å²) < 4.78 is 6.59. The Morgan fingerprint density at radius 1 is 1.12 bits per heavy atom. The number of rotatable bonds is 8. The number of amides is 1. The van der Waals surface area contributed by atoms with Crippen LogP contribution in [0.1, 0.15) is 63.8 Å². The maximum Gasteiger partial charge on any atom is 0.252 e. The van der Waals surface area contributed by atoms with Gasteiger partial charge in [-0.15, -0.1) is 6.58 Å². The normalized spacial score (nSPS) is 22.3. The van der Waals surface area contributed by atoms with Crippen LogP contribution in [0, 0.1) is 0 Å². The third kappa shape index (κ3) is 6.57. The van der Waals surface area contributed by atoms with Gasteiger partial charge in [-0.05, 0) is 41.8 Å². The van der Waals surface area contributed by atoms with Crippen LogP contribution < -0.4 is 0 Å². The van der Waals surface area contributed by atoms with Crippen molar-refractivity contribution in [3.63, 3.8) is 0 Å². The maximum atomic E-state index is 13.8. The summed E-state index contributed by atoms with van der Waals surface area (Å²) in [6, 6.07) is 15.2. The van der Waals surface area contributed by atoms with Crippen molar-refractivity contribution >= 4 is 40.9 Å². The van der Waals surface area contributed by atoms with Gasteiger partial charge in [-0.2, -0.15) is 11.8 Å². The molecule has 0 bridgehead atoms. The van der Waals surface area contributed by atoms with Gasteiger partial charge in [0.1, 0.15) is 12.2 Å². The topological polar surface area (TPSA) is 29.5 Å². The molecule has 1 fully saturated rings. The fourth-order valence-electron chi connectivity index (χ4n) is 4.15. The summed E-state index contributed by atoms with van der Waals surface area (Å²) in [5.74, 6) is 0.855. The molecule has 0 unspecified atom stereocenters. The fraction of sp³-hybridized carbons (Fsp3) is 0.444. The van der Waals surface area contributed by atoms with E-state index in [-0.39, 0.29) is 28.8 Å². The molecule has 1 aliphatic heterocycles. The number of nitrogens with zero attached hydrogens (tertiary/aromatic N) is 1. The Kier molecular flexibility index (Phi) is 8.96. The maximum absolute atomic E-state index is 13.8. The van der Waals surface area contributed by atoms with Crippen molar-refractivity contribution in [1.82, 2.24) is 4.90 Å². The van der Waals surface area contributed by atoms with Crippen LogP contribution in [0.2, 0.25) is 10.0 Å². The van der Waals surface area contributed by atoms with Crippen molar-refractivity contribution in [2.75, 3.05) is 5.75 Å². The van der Waals surface area contributed by atoms with Crippen molar-refractivity contribution in [3.8, 4) is 0 Å². The Labute approximate surface area is 212 Å². The molecule has 1 amide bonds. The molecule has 3 rings (SSSR count). The number of carbonyl (C=O) groups is 1. The molecular weight excluding hydrogens is 473 g/mol. The number of thioether (sulfide) groups is 1. The lowest BCUT2D eigenvalue weighted by atomic mass is 9.89. The molecule has 0 aliphatic carbocycles. The Bertz CT molecular complexity index is 957. The van der Waals surface area contributed by atoms with Crippen LogP contribution in [-0.2, 0) is 9.53 Å². The number of ether oxygens (including phenoxy) is 1. The molecule has 0 radical (unpaired) electrons. The molecule has 6 heteroatoms. The molecule has 0 aromatic heterocycles. The molecular formula is C27H33Cl2NO2S. The molecule has 2 aromatic carbocycles. The van der Waals surface area contributed by atoms with Crippen molar-refractivity contribution in [2.24, 2.45) is 0 Å². The van der Waals surface area contributed by atoms with E-state index >= 15 is 0 Å². The zero-order valence-corrected chi connectivity index (χ0v) is 22.1. The highest BCUT2D eigenvalue weighted by molar-refractivity contribution is 8.00. The van der Waals surface area contributed by atoms with Gasteiger partial charge in [-0.25, -0.2) is 0 Å². The molecule has 178 valence electrons. The number of hydrogen-bond acceptors (Lipinski definition) is 3. The van der Waals surface area contributed by atoms with Gasteiger partial charge in [0.25, 0.3) is 5.91 Å². The highest BCUT2D eigenvalue weighted by Gasteiger charge is 2.46. The monoisotopic (exact) mass is 505 g/mol. The van der Waals surface area contributed by atoms with E-state index in [1.807, 2.05) is 60.3 Å². The van der Waals surface area contributed by atoms with E-state index in [0.717, 1.165) is 23.3 Å². The summed E-state index contributed by atoms with van der Waals surface area (Å²) in [5.41, 5.74) is 1.95. The quantitative estimate of drug-likeness (QED) is 0.341. The van der Waals surface area contributed by atoms with E-state index in [9.17, 15) is 4.79 Å². The minimum absolute atomic E-state index is 0.00878. The van der Waals surface area contributed by atoms with Gasteiger partial charge in [0.15, 0.2) is 0 Å². The SMILES string of the molecule is C=CC[C@H]1O[C@H](c2cccc(Cl)c2)[C@@H](c2ccc(Cl)cc2)N([C@@H](CC)CSC(C)(C)C)C1=O. The first-order chi connectivity index (χ1) is 15.6. The van der Waals surface area contributed by atoms with Gasteiger partial charge in [0, 0.05) is 33.0 Å².